The first-order valence-electron chi connectivity index (χ1n) is 13.9. The lowest BCUT2D eigenvalue weighted by molar-refractivity contribution is -0.386. The van der Waals surface area contributed by atoms with Crippen molar-refractivity contribution in [3.63, 3.8) is 0 Å². The minimum atomic E-state index is -5.02. The molecule has 5 aromatic rings. The Morgan fingerprint density at radius 2 is 1.54 bits per heavy atom. The van der Waals surface area contributed by atoms with Crippen LogP contribution in [0.25, 0.3) is 5.69 Å². The molecular formula is C28H24N10O11S. The maximum absolute atomic E-state index is 12.0. The van der Waals surface area contributed by atoms with Gasteiger partial charge < -0.3 is 19.7 Å². The number of H-pyrrole nitrogens is 1. The lowest BCUT2D eigenvalue weighted by Crippen LogP contribution is -2.09. The maximum Gasteiger partial charge on any atom is 0.314 e. The second-order valence-electron chi connectivity index (χ2n) is 10.2. The Balaban J connectivity index is 1.52. The van der Waals surface area contributed by atoms with Gasteiger partial charge in [-0.3, -0.25) is 24.8 Å². The fourth-order valence-corrected chi connectivity index (χ4v) is 4.80. The number of nitrogens with zero attached hydrogens (tertiary/aromatic N) is 9. The number of nitrogens with one attached hydrogen (secondary N) is 1. The van der Waals surface area contributed by atoms with Gasteiger partial charge in [-0.2, -0.15) is 23.3 Å². The van der Waals surface area contributed by atoms with Gasteiger partial charge in [0, 0.05) is 12.1 Å². The fraction of sp³-hybridized carbons (Fsp3) is 0.143. The van der Waals surface area contributed by atoms with Crippen LogP contribution >= 0.6 is 0 Å². The van der Waals surface area contributed by atoms with E-state index in [1.807, 2.05) is 6.92 Å². The van der Waals surface area contributed by atoms with Crippen LogP contribution in [0.15, 0.2) is 79.9 Å². The van der Waals surface area contributed by atoms with Crippen LogP contribution < -0.4 is 9.47 Å². The summed E-state index contributed by atoms with van der Waals surface area (Å²) in [7, 11) is -5.02. The molecule has 0 aliphatic carbocycles. The Labute approximate surface area is 280 Å². The van der Waals surface area contributed by atoms with Crippen LogP contribution in [0, 0.1) is 41.0 Å². The summed E-state index contributed by atoms with van der Waals surface area (Å²) in [5.74, 6) is -1.84. The lowest BCUT2D eigenvalue weighted by atomic mass is 10.2. The predicted octanol–water partition coefficient (Wildman–Crippen LogP) is 6.24. The van der Waals surface area contributed by atoms with Crippen LogP contribution in [0.5, 0.6) is 23.3 Å². The molecule has 3 aromatic carbocycles. The third kappa shape index (κ3) is 7.34. The Morgan fingerprint density at radius 1 is 0.860 bits per heavy atom. The Hall–Kier alpha value is -6.81. The molecule has 2 aromatic heterocycles. The molecule has 258 valence electrons. The second-order valence-corrected chi connectivity index (χ2v) is 11.7. The summed E-state index contributed by atoms with van der Waals surface area (Å²) < 4.78 is 45.9. The SMILES string of the molecule is Cc1ccc(-n2nc(C)c(N=Nc3cc(S(=O)(=O)O)cc([N+](=O)[O-])c3OCOc3cc([N+](=O)[O-])ccc3/N=N/c3c(C)n[nH]c3O)c2O)cc1. The van der Waals surface area contributed by atoms with Crippen LogP contribution in [0.2, 0.25) is 0 Å². The van der Waals surface area contributed by atoms with Crippen molar-refractivity contribution in [3.8, 4) is 28.9 Å². The molecule has 0 aliphatic heterocycles. The van der Waals surface area contributed by atoms with Gasteiger partial charge in [-0.25, -0.2) is 5.10 Å². The molecule has 22 heteroatoms. The summed E-state index contributed by atoms with van der Waals surface area (Å²) in [6, 6.07) is 11.4. The van der Waals surface area contributed by atoms with E-state index in [-0.39, 0.29) is 34.2 Å². The van der Waals surface area contributed by atoms with E-state index in [9.17, 15) is 43.4 Å². The fourth-order valence-electron chi connectivity index (χ4n) is 4.28. The van der Waals surface area contributed by atoms with Gasteiger partial charge in [0.15, 0.2) is 17.1 Å². The van der Waals surface area contributed by atoms with Gasteiger partial charge in [0.05, 0.1) is 33.0 Å². The summed E-state index contributed by atoms with van der Waals surface area (Å²) in [5, 5.41) is 70.2. The smallest absolute Gasteiger partial charge is 0.314 e. The van der Waals surface area contributed by atoms with E-state index < -0.39 is 66.2 Å². The molecule has 0 spiro atoms. The van der Waals surface area contributed by atoms with Crippen LogP contribution in [-0.4, -0.2) is 59.8 Å². The van der Waals surface area contributed by atoms with Crippen molar-refractivity contribution >= 4 is 44.2 Å². The van der Waals surface area contributed by atoms with Crippen molar-refractivity contribution in [2.75, 3.05) is 6.79 Å². The van der Waals surface area contributed by atoms with E-state index in [4.69, 9.17) is 9.47 Å². The molecule has 2 heterocycles. The van der Waals surface area contributed by atoms with Crippen molar-refractivity contribution in [1.82, 2.24) is 20.0 Å². The third-order valence-electron chi connectivity index (χ3n) is 6.79. The number of ether oxygens (including phenoxy) is 2. The number of aryl methyl sites for hydroxylation is 3. The molecule has 0 saturated heterocycles. The van der Waals surface area contributed by atoms with Gasteiger partial charge in [0.25, 0.3) is 15.8 Å². The molecule has 0 saturated carbocycles. The zero-order chi connectivity index (χ0) is 36.3. The third-order valence-corrected chi connectivity index (χ3v) is 7.62. The van der Waals surface area contributed by atoms with Crippen molar-refractivity contribution in [2.24, 2.45) is 20.5 Å². The molecule has 0 aliphatic rings. The van der Waals surface area contributed by atoms with Gasteiger partial charge in [-0.1, -0.05) is 17.7 Å². The summed E-state index contributed by atoms with van der Waals surface area (Å²) in [6.07, 6.45) is 0. The van der Waals surface area contributed by atoms with Crippen molar-refractivity contribution in [3.05, 3.63) is 91.8 Å². The minimum absolute atomic E-state index is 0.0270. The average molecular weight is 709 g/mol. The highest BCUT2D eigenvalue weighted by atomic mass is 32.2. The van der Waals surface area contributed by atoms with Crippen molar-refractivity contribution < 1.29 is 42.5 Å². The topological polar surface area (TPSA) is 296 Å². The number of aromatic hydroxyl groups is 2. The molecule has 0 bridgehead atoms. The van der Waals surface area contributed by atoms with E-state index in [0.717, 1.165) is 28.4 Å². The Kier molecular flexibility index (Phi) is 9.48. The van der Waals surface area contributed by atoms with E-state index in [1.165, 1.54) is 19.9 Å². The first-order chi connectivity index (χ1) is 23.6. The highest BCUT2D eigenvalue weighted by Crippen LogP contribution is 2.42. The summed E-state index contributed by atoms with van der Waals surface area (Å²) >= 11 is 0. The van der Waals surface area contributed by atoms with Crippen molar-refractivity contribution in [2.45, 2.75) is 25.7 Å². The predicted molar refractivity (Wildman–Crippen MR) is 170 cm³/mol. The number of hydrogen-bond donors (Lipinski definition) is 4. The summed E-state index contributed by atoms with van der Waals surface area (Å²) in [5.41, 5.74) is -0.437. The summed E-state index contributed by atoms with van der Waals surface area (Å²) in [6.45, 7) is 3.99. The van der Waals surface area contributed by atoms with E-state index in [1.54, 1.807) is 24.3 Å². The molecule has 0 radical (unpaired) electrons. The van der Waals surface area contributed by atoms with Gasteiger partial charge in [0.2, 0.25) is 24.3 Å². The number of hydrogen-bond acceptors (Lipinski definition) is 16. The molecule has 50 heavy (non-hydrogen) atoms. The highest BCUT2D eigenvalue weighted by molar-refractivity contribution is 7.85. The number of non-ortho nitro benzene ring substituents is 1. The van der Waals surface area contributed by atoms with Crippen LogP contribution in [0.1, 0.15) is 17.0 Å². The molecule has 0 atom stereocenters. The normalized spacial score (nSPS) is 11.8. The largest absolute Gasteiger partial charge is 0.492 e. The number of rotatable bonds is 12. The number of benzene rings is 3. The molecule has 5 rings (SSSR count). The number of nitro groups is 2. The highest BCUT2D eigenvalue weighted by Gasteiger charge is 2.27. The lowest BCUT2D eigenvalue weighted by Gasteiger charge is -2.12. The molecule has 21 nitrogen and oxygen atoms in total. The zero-order valence-electron chi connectivity index (χ0n) is 25.9. The minimum Gasteiger partial charge on any atom is -0.492 e. The van der Waals surface area contributed by atoms with Gasteiger partial charge >= 0.3 is 5.69 Å². The van der Waals surface area contributed by atoms with Crippen LogP contribution in [0.4, 0.5) is 34.1 Å². The molecular weight excluding hydrogens is 684 g/mol. The van der Waals surface area contributed by atoms with E-state index in [0.29, 0.717) is 11.8 Å². The second kappa shape index (κ2) is 13.7. The maximum atomic E-state index is 12.0. The molecule has 0 unspecified atom stereocenters. The Morgan fingerprint density at radius 3 is 2.16 bits per heavy atom. The monoisotopic (exact) mass is 708 g/mol. The first-order valence-corrected chi connectivity index (χ1v) is 15.3. The van der Waals surface area contributed by atoms with E-state index in [2.05, 4.69) is 35.8 Å². The van der Waals surface area contributed by atoms with E-state index >= 15 is 0 Å². The zero-order valence-corrected chi connectivity index (χ0v) is 26.8. The average Bonchev–Trinajstić information content (AvgIpc) is 3.53. The van der Waals surface area contributed by atoms with Gasteiger partial charge in [-0.15, -0.1) is 20.5 Å². The Bertz CT molecular complexity index is 2280. The standard InChI is InChI=1S/C28H24N10O11S/c1-14-4-6-17(7-5-14)36-28(40)25(16(3)35-36)33-31-21-11-19(50(45,46)47)12-22(38(43)44)26(21)49-13-48-23-10-18(37(41)42)8-9-20(23)30-32-24-15(2)29-34-27(24)39/h4-12,40H,13H2,1-3H3,(H2,29,34,39)(H,45,46,47)/b32-30+,33-31?. The van der Waals surface area contributed by atoms with Crippen LogP contribution in [-0.2, 0) is 10.1 Å². The molecule has 0 amide bonds. The number of nitro benzene ring substituents is 2. The van der Waals surface area contributed by atoms with Gasteiger partial charge in [0.1, 0.15) is 16.3 Å². The number of aromatic nitrogens is 4. The van der Waals surface area contributed by atoms with Gasteiger partial charge in [-0.05, 0) is 45.0 Å². The van der Waals surface area contributed by atoms with Crippen molar-refractivity contribution in [1.29, 1.82) is 0 Å². The number of aromatic amines is 1. The molecule has 0 fully saturated rings. The molecule has 4 N–H and O–H groups in total. The first kappa shape index (κ1) is 34.5. The van der Waals surface area contributed by atoms with Crippen LogP contribution in [0.3, 0.4) is 0 Å². The quantitative estimate of drug-likeness (QED) is 0.0367. The summed E-state index contributed by atoms with van der Waals surface area (Å²) in [4.78, 5) is 20.8. The number of azo groups is 2.